The number of hydrogen-bond donors (Lipinski definition) is 0. The number of carbonyl (C=O) groups is 1. The van der Waals surface area contributed by atoms with E-state index in [1.807, 2.05) is 31.2 Å². The summed E-state index contributed by atoms with van der Waals surface area (Å²) in [4.78, 5) is 15.3. The average molecular weight is 377 g/mol. The summed E-state index contributed by atoms with van der Waals surface area (Å²) in [6.45, 7) is 11.8. The highest BCUT2D eigenvalue weighted by Crippen LogP contribution is 2.44. The highest BCUT2D eigenvalue weighted by molar-refractivity contribution is 6.15. The zero-order valence-corrected chi connectivity index (χ0v) is 17.2. The molecule has 2 aliphatic rings. The molecular formula is C24H27NO3. The first-order chi connectivity index (χ1) is 13.3. The van der Waals surface area contributed by atoms with Gasteiger partial charge in [-0.3, -0.25) is 9.69 Å². The second-order valence-electron chi connectivity index (χ2n) is 8.25. The quantitative estimate of drug-likeness (QED) is 0.681. The zero-order chi connectivity index (χ0) is 20.0. The Hall–Kier alpha value is -2.59. The van der Waals surface area contributed by atoms with Crippen molar-refractivity contribution in [1.82, 2.24) is 4.90 Å². The molecule has 2 heterocycles. The lowest BCUT2D eigenvalue weighted by Crippen LogP contribution is -2.37. The minimum absolute atomic E-state index is 0.0510. The molecule has 2 aliphatic heterocycles. The van der Waals surface area contributed by atoms with E-state index in [1.54, 1.807) is 0 Å². The number of rotatable bonds is 3. The normalized spacial score (nSPS) is 17.7. The van der Waals surface area contributed by atoms with Gasteiger partial charge in [0.2, 0.25) is 5.78 Å². The number of ether oxygens (including phenoxy) is 2. The Morgan fingerprint density at radius 2 is 1.82 bits per heavy atom. The number of aryl methyl sites for hydroxylation is 1. The molecule has 4 nitrogen and oxygen atoms in total. The fourth-order valence-electron chi connectivity index (χ4n) is 3.71. The van der Waals surface area contributed by atoms with Gasteiger partial charge >= 0.3 is 0 Å². The topological polar surface area (TPSA) is 38.8 Å². The third-order valence-electron chi connectivity index (χ3n) is 5.58. The van der Waals surface area contributed by atoms with Crippen molar-refractivity contribution in [3.63, 3.8) is 0 Å². The molecule has 2 aromatic rings. The molecule has 0 spiro atoms. The number of Topliss-reactive ketones (excluding diaryl/α,β-unsaturated/α-hetero) is 1. The highest BCUT2D eigenvalue weighted by Gasteiger charge is 2.35. The number of hydrogen-bond acceptors (Lipinski definition) is 4. The molecule has 4 heteroatoms. The first-order valence-corrected chi connectivity index (χ1v) is 9.92. The Morgan fingerprint density at radius 1 is 1.11 bits per heavy atom. The first-order valence-electron chi connectivity index (χ1n) is 9.92. The molecule has 0 N–H and O–H groups in total. The van der Waals surface area contributed by atoms with Crippen LogP contribution < -0.4 is 9.47 Å². The summed E-state index contributed by atoms with van der Waals surface area (Å²) >= 11 is 0. The molecule has 28 heavy (non-hydrogen) atoms. The van der Waals surface area contributed by atoms with E-state index in [0.29, 0.717) is 35.8 Å². The third kappa shape index (κ3) is 3.22. The SMILES string of the molecule is Cc1cc2c(c3c1C(=O)/C(=C/c1ccc(C(C)C)cc1)O3)CN(C(C)C)CO2. The second kappa shape index (κ2) is 7.10. The lowest BCUT2D eigenvalue weighted by Gasteiger charge is -2.32. The maximum atomic E-state index is 13.1. The Morgan fingerprint density at radius 3 is 2.46 bits per heavy atom. The summed E-state index contributed by atoms with van der Waals surface area (Å²) < 4.78 is 12.1. The van der Waals surface area contributed by atoms with E-state index in [2.05, 4.69) is 44.7 Å². The number of fused-ring (bicyclic) bond motifs is 3. The molecule has 0 bridgehead atoms. The molecule has 0 aliphatic carbocycles. The zero-order valence-electron chi connectivity index (χ0n) is 17.2. The van der Waals surface area contributed by atoms with Crippen LogP contribution in [-0.2, 0) is 6.54 Å². The number of ketones is 1. The van der Waals surface area contributed by atoms with Gasteiger partial charge < -0.3 is 9.47 Å². The average Bonchev–Trinajstić information content (AvgIpc) is 2.99. The van der Waals surface area contributed by atoms with Gasteiger partial charge in [-0.25, -0.2) is 0 Å². The maximum absolute atomic E-state index is 13.1. The summed E-state index contributed by atoms with van der Waals surface area (Å²) in [5.41, 5.74) is 4.77. The van der Waals surface area contributed by atoms with Crippen LogP contribution in [0.3, 0.4) is 0 Å². The number of benzene rings is 2. The largest absolute Gasteiger partial charge is 0.478 e. The number of carbonyl (C=O) groups excluding carboxylic acids is 1. The lowest BCUT2D eigenvalue weighted by molar-refractivity contribution is 0.0673. The van der Waals surface area contributed by atoms with Gasteiger partial charge in [-0.2, -0.15) is 0 Å². The van der Waals surface area contributed by atoms with E-state index in [9.17, 15) is 4.79 Å². The Bertz CT molecular complexity index is 955. The molecule has 0 unspecified atom stereocenters. The minimum atomic E-state index is -0.0510. The van der Waals surface area contributed by atoms with E-state index in [1.165, 1.54) is 5.56 Å². The van der Waals surface area contributed by atoms with Crippen LogP contribution >= 0.6 is 0 Å². The molecule has 0 fully saturated rings. The molecule has 0 radical (unpaired) electrons. The molecule has 0 atom stereocenters. The van der Waals surface area contributed by atoms with Crippen LogP contribution in [0.1, 0.15) is 66.2 Å². The predicted molar refractivity (Wildman–Crippen MR) is 111 cm³/mol. The van der Waals surface area contributed by atoms with Gasteiger partial charge in [-0.15, -0.1) is 0 Å². The minimum Gasteiger partial charge on any atom is -0.478 e. The van der Waals surface area contributed by atoms with E-state index in [4.69, 9.17) is 9.47 Å². The highest BCUT2D eigenvalue weighted by atomic mass is 16.5. The Balaban J connectivity index is 1.70. The van der Waals surface area contributed by atoms with E-state index in [0.717, 1.165) is 29.0 Å². The summed E-state index contributed by atoms with van der Waals surface area (Å²) in [5.74, 6) is 2.29. The summed E-state index contributed by atoms with van der Waals surface area (Å²) in [6.07, 6.45) is 1.84. The van der Waals surface area contributed by atoms with E-state index in [-0.39, 0.29) is 5.78 Å². The van der Waals surface area contributed by atoms with Crippen LogP contribution in [0.5, 0.6) is 11.5 Å². The van der Waals surface area contributed by atoms with Crippen molar-refractivity contribution in [3.05, 3.63) is 63.9 Å². The van der Waals surface area contributed by atoms with Crippen LogP contribution in [0.15, 0.2) is 36.1 Å². The van der Waals surface area contributed by atoms with Crippen molar-refractivity contribution in [1.29, 1.82) is 0 Å². The molecule has 4 rings (SSSR count). The van der Waals surface area contributed by atoms with Gasteiger partial charge in [0.05, 0.1) is 11.1 Å². The molecule has 0 saturated carbocycles. The predicted octanol–water partition coefficient (Wildman–Crippen LogP) is 5.29. The molecule has 146 valence electrons. The Labute approximate surface area is 166 Å². The van der Waals surface area contributed by atoms with Crippen molar-refractivity contribution in [2.45, 2.75) is 53.1 Å². The summed E-state index contributed by atoms with van der Waals surface area (Å²) in [5, 5.41) is 0. The van der Waals surface area contributed by atoms with Crippen molar-refractivity contribution in [3.8, 4) is 11.5 Å². The number of allylic oxidation sites excluding steroid dienone is 1. The van der Waals surface area contributed by atoms with Gasteiger partial charge in [0.1, 0.15) is 18.2 Å². The van der Waals surface area contributed by atoms with Crippen molar-refractivity contribution in [2.24, 2.45) is 0 Å². The van der Waals surface area contributed by atoms with Crippen LogP contribution in [-0.4, -0.2) is 23.5 Å². The van der Waals surface area contributed by atoms with Gasteiger partial charge in [0.25, 0.3) is 0 Å². The van der Waals surface area contributed by atoms with Crippen LogP contribution in [0, 0.1) is 6.92 Å². The summed E-state index contributed by atoms with van der Waals surface area (Å²) in [6, 6.07) is 10.6. The van der Waals surface area contributed by atoms with Crippen LogP contribution in [0.25, 0.3) is 6.08 Å². The fraction of sp³-hybridized carbons (Fsp3) is 0.375. The van der Waals surface area contributed by atoms with E-state index >= 15 is 0 Å². The standard InChI is InChI=1S/C24H27NO3/c1-14(2)18-8-6-17(7-9-18)11-21-23(26)22-16(5)10-20-19(24(22)28-21)12-25(13-27-20)15(3)4/h6-11,14-15H,12-13H2,1-5H3/b21-11-. The Kier molecular flexibility index (Phi) is 4.76. The van der Waals surface area contributed by atoms with Gasteiger partial charge in [-0.05, 0) is 55.5 Å². The molecule has 0 amide bonds. The smallest absolute Gasteiger partial charge is 0.232 e. The molecular weight excluding hydrogens is 350 g/mol. The second-order valence-corrected chi connectivity index (χ2v) is 8.25. The maximum Gasteiger partial charge on any atom is 0.232 e. The van der Waals surface area contributed by atoms with Crippen molar-refractivity contribution in [2.75, 3.05) is 6.73 Å². The monoisotopic (exact) mass is 377 g/mol. The van der Waals surface area contributed by atoms with Crippen molar-refractivity contribution >= 4 is 11.9 Å². The molecule has 0 saturated heterocycles. The molecule has 2 aromatic carbocycles. The fourth-order valence-corrected chi connectivity index (χ4v) is 3.71. The third-order valence-corrected chi connectivity index (χ3v) is 5.58. The van der Waals surface area contributed by atoms with Gasteiger partial charge in [0, 0.05) is 12.6 Å². The van der Waals surface area contributed by atoms with Gasteiger partial charge in [0.15, 0.2) is 5.76 Å². The van der Waals surface area contributed by atoms with Crippen LogP contribution in [0.2, 0.25) is 0 Å². The van der Waals surface area contributed by atoms with Crippen molar-refractivity contribution < 1.29 is 14.3 Å². The van der Waals surface area contributed by atoms with Gasteiger partial charge in [-0.1, -0.05) is 38.1 Å². The molecule has 0 aromatic heterocycles. The van der Waals surface area contributed by atoms with Crippen LogP contribution in [0.4, 0.5) is 0 Å². The first kappa shape index (κ1) is 18.8. The summed E-state index contributed by atoms with van der Waals surface area (Å²) in [7, 11) is 0. The number of nitrogens with zero attached hydrogens (tertiary/aromatic N) is 1. The van der Waals surface area contributed by atoms with E-state index < -0.39 is 0 Å². The lowest BCUT2D eigenvalue weighted by atomic mass is 9.98.